The van der Waals surface area contributed by atoms with Crippen molar-refractivity contribution in [2.75, 3.05) is 5.73 Å². The molecule has 0 atom stereocenters. The van der Waals surface area contributed by atoms with E-state index in [1.165, 1.54) is 0 Å². The quantitative estimate of drug-likeness (QED) is 0.595. The number of para-hydroxylation sites is 2. The number of rotatable bonds is 3. The van der Waals surface area contributed by atoms with Crippen LogP contribution in [0.25, 0.3) is 11.1 Å². The highest BCUT2D eigenvalue weighted by molar-refractivity contribution is 6.37. The molecule has 0 heterocycles. The summed E-state index contributed by atoms with van der Waals surface area (Å²) in [5.74, 6) is 1.12. The zero-order chi connectivity index (χ0) is 15.5. The van der Waals surface area contributed by atoms with E-state index in [-0.39, 0.29) is 0 Å². The van der Waals surface area contributed by atoms with E-state index in [0.717, 1.165) is 11.1 Å². The van der Waals surface area contributed by atoms with Crippen molar-refractivity contribution in [2.24, 2.45) is 0 Å². The minimum atomic E-state index is 0.438. The van der Waals surface area contributed by atoms with Gasteiger partial charge in [0.2, 0.25) is 0 Å². The molecule has 0 bridgehead atoms. The molecule has 0 aliphatic carbocycles. The van der Waals surface area contributed by atoms with Crippen LogP contribution in [0.2, 0.25) is 10.0 Å². The monoisotopic (exact) mass is 329 g/mol. The zero-order valence-corrected chi connectivity index (χ0v) is 13.1. The van der Waals surface area contributed by atoms with Crippen molar-refractivity contribution in [3.63, 3.8) is 0 Å². The van der Waals surface area contributed by atoms with Gasteiger partial charge in [-0.15, -0.1) is 0 Å². The van der Waals surface area contributed by atoms with Crippen molar-refractivity contribution in [3.05, 3.63) is 76.8 Å². The smallest absolute Gasteiger partial charge is 0.164 e. The summed E-state index contributed by atoms with van der Waals surface area (Å²) in [5, 5.41) is 0.879. The van der Waals surface area contributed by atoms with Gasteiger partial charge in [-0.05, 0) is 35.9 Å². The number of hydrogen-bond acceptors (Lipinski definition) is 2. The molecule has 4 heteroatoms. The standard InChI is InChI=1S/C18H13Cl2NO/c19-15-10-12(14-8-4-5-9-17(14)21)11-16(20)18(15)22-13-6-2-1-3-7-13/h1-11H,21H2. The molecule has 0 saturated carbocycles. The van der Waals surface area contributed by atoms with Gasteiger partial charge in [0.25, 0.3) is 0 Å². The van der Waals surface area contributed by atoms with Crippen LogP contribution in [0.1, 0.15) is 0 Å². The lowest BCUT2D eigenvalue weighted by atomic mass is 10.0. The highest BCUT2D eigenvalue weighted by atomic mass is 35.5. The number of ether oxygens (including phenoxy) is 1. The number of hydrogen-bond donors (Lipinski definition) is 1. The third-order valence-corrected chi connectivity index (χ3v) is 3.79. The van der Waals surface area contributed by atoms with Gasteiger partial charge in [-0.2, -0.15) is 0 Å². The van der Waals surface area contributed by atoms with Crippen molar-refractivity contribution in [1.29, 1.82) is 0 Å². The van der Waals surface area contributed by atoms with Crippen LogP contribution in [-0.2, 0) is 0 Å². The summed E-state index contributed by atoms with van der Waals surface area (Å²) in [6.45, 7) is 0. The van der Waals surface area contributed by atoms with Crippen LogP contribution in [0.15, 0.2) is 66.7 Å². The molecule has 0 aliphatic heterocycles. The molecule has 110 valence electrons. The Balaban J connectivity index is 2.00. The predicted molar refractivity (Wildman–Crippen MR) is 92.8 cm³/mol. The van der Waals surface area contributed by atoms with Crippen molar-refractivity contribution in [2.45, 2.75) is 0 Å². The normalized spacial score (nSPS) is 10.5. The van der Waals surface area contributed by atoms with Gasteiger partial charge < -0.3 is 10.5 Å². The molecule has 0 radical (unpaired) electrons. The van der Waals surface area contributed by atoms with Gasteiger partial charge >= 0.3 is 0 Å². The van der Waals surface area contributed by atoms with Gasteiger partial charge in [0, 0.05) is 11.3 Å². The Morgan fingerprint density at radius 2 is 1.36 bits per heavy atom. The fourth-order valence-corrected chi connectivity index (χ4v) is 2.74. The Hall–Kier alpha value is -2.16. The minimum absolute atomic E-state index is 0.438. The van der Waals surface area contributed by atoms with Gasteiger partial charge in [0.1, 0.15) is 5.75 Å². The Morgan fingerprint density at radius 3 is 2.00 bits per heavy atom. The first-order chi connectivity index (χ1) is 10.6. The van der Waals surface area contributed by atoms with E-state index in [1.807, 2.05) is 54.6 Å². The van der Waals surface area contributed by atoms with Crippen molar-refractivity contribution >= 4 is 28.9 Å². The molecule has 0 aromatic heterocycles. The molecule has 22 heavy (non-hydrogen) atoms. The Kier molecular flexibility index (Phi) is 4.23. The van der Waals surface area contributed by atoms with Crippen LogP contribution >= 0.6 is 23.2 Å². The second-order valence-electron chi connectivity index (χ2n) is 4.77. The van der Waals surface area contributed by atoms with Crippen LogP contribution < -0.4 is 10.5 Å². The van der Waals surface area contributed by atoms with Crippen LogP contribution in [0.3, 0.4) is 0 Å². The lowest BCUT2D eigenvalue weighted by Gasteiger charge is -2.12. The average Bonchev–Trinajstić information content (AvgIpc) is 2.52. The van der Waals surface area contributed by atoms with E-state index >= 15 is 0 Å². The third kappa shape index (κ3) is 3.03. The van der Waals surface area contributed by atoms with Crippen molar-refractivity contribution < 1.29 is 4.74 Å². The van der Waals surface area contributed by atoms with Crippen LogP contribution in [0.4, 0.5) is 5.69 Å². The summed E-state index contributed by atoms with van der Waals surface area (Å²) in [7, 11) is 0. The highest BCUT2D eigenvalue weighted by Crippen LogP contribution is 2.40. The van der Waals surface area contributed by atoms with Crippen molar-refractivity contribution in [1.82, 2.24) is 0 Å². The van der Waals surface area contributed by atoms with Crippen LogP contribution in [-0.4, -0.2) is 0 Å². The maximum absolute atomic E-state index is 6.34. The van der Waals surface area contributed by atoms with E-state index < -0.39 is 0 Å². The third-order valence-electron chi connectivity index (χ3n) is 3.23. The van der Waals surface area contributed by atoms with Crippen LogP contribution in [0.5, 0.6) is 11.5 Å². The zero-order valence-electron chi connectivity index (χ0n) is 11.6. The van der Waals surface area contributed by atoms with E-state index in [0.29, 0.717) is 27.2 Å². The first-order valence-corrected chi connectivity index (χ1v) is 7.47. The number of nitrogens with two attached hydrogens (primary N) is 1. The first-order valence-electron chi connectivity index (χ1n) is 6.72. The molecule has 2 nitrogen and oxygen atoms in total. The van der Waals surface area contributed by atoms with E-state index in [2.05, 4.69) is 0 Å². The summed E-state index contributed by atoms with van der Waals surface area (Å²) >= 11 is 12.7. The fourth-order valence-electron chi connectivity index (χ4n) is 2.18. The number of benzene rings is 3. The van der Waals surface area contributed by atoms with E-state index in [9.17, 15) is 0 Å². The minimum Gasteiger partial charge on any atom is -0.454 e. The molecule has 2 N–H and O–H groups in total. The van der Waals surface area contributed by atoms with E-state index in [1.54, 1.807) is 12.1 Å². The number of halogens is 2. The maximum atomic E-state index is 6.34. The number of anilines is 1. The highest BCUT2D eigenvalue weighted by Gasteiger charge is 2.13. The summed E-state index contributed by atoms with van der Waals surface area (Å²) in [6.07, 6.45) is 0. The second kappa shape index (κ2) is 6.30. The topological polar surface area (TPSA) is 35.2 Å². The molecule has 3 aromatic carbocycles. The molecule has 3 rings (SSSR count). The van der Waals surface area contributed by atoms with Gasteiger partial charge in [0.15, 0.2) is 5.75 Å². The SMILES string of the molecule is Nc1ccccc1-c1cc(Cl)c(Oc2ccccc2)c(Cl)c1. The summed E-state index contributed by atoms with van der Waals surface area (Å²) in [4.78, 5) is 0. The lowest BCUT2D eigenvalue weighted by molar-refractivity contribution is 0.483. The van der Waals surface area contributed by atoms with Crippen LogP contribution in [0, 0.1) is 0 Å². The fraction of sp³-hybridized carbons (Fsp3) is 0. The van der Waals surface area contributed by atoms with Gasteiger partial charge in [-0.3, -0.25) is 0 Å². The molecule has 0 amide bonds. The van der Waals surface area contributed by atoms with Gasteiger partial charge in [-0.25, -0.2) is 0 Å². The largest absolute Gasteiger partial charge is 0.454 e. The number of nitrogen functional groups attached to an aromatic ring is 1. The molecular weight excluding hydrogens is 317 g/mol. The molecule has 0 unspecified atom stereocenters. The Bertz CT molecular complexity index is 780. The summed E-state index contributed by atoms with van der Waals surface area (Å²) < 4.78 is 5.77. The molecule has 0 aliphatic rings. The summed E-state index contributed by atoms with van der Waals surface area (Å²) in [5.41, 5.74) is 8.41. The molecule has 0 fully saturated rings. The van der Waals surface area contributed by atoms with Gasteiger partial charge in [0.05, 0.1) is 10.0 Å². The van der Waals surface area contributed by atoms with Crippen molar-refractivity contribution in [3.8, 4) is 22.6 Å². The van der Waals surface area contributed by atoms with Gasteiger partial charge in [-0.1, -0.05) is 59.6 Å². The first kappa shape index (κ1) is 14.8. The molecule has 3 aromatic rings. The Morgan fingerprint density at radius 1 is 0.773 bits per heavy atom. The molecule has 0 spiro atoms. The average molecular weight is 330 g/mol. The summed E-state index contributed by atoms with van der Waals surface area (Å²) in [6, 6.07) is 20.5. The second-order valence-corrected chi connectivity index (χ2v) is 5.59. The lowest BCUT2D eigenvalue weighted by Crippen LogP contribution is -1.91. The van der Waals surface area contributed by atoms with E-state index in [4.69, 9.17) is 33.7 Å². The predicted octanol–water partition coefficient (Wildman–Crippen LogP) is 6.03. The molecular formula is C18H13Cl2NO. The Labute approximate surface area is 139 Å². The molecule has 0 saturated heterocycles. The maximum Gasteiger partial charge on any atom is 0.164 e.